The van der Waals surface area contributed by atoms with Crippen LogP contribution in [0.1, 0.15) is 19.8 Å². The Labute approximate surface area is 101 Å². The van der Waals surface area contributed by atoms with Crippen molar-refractivity contribution in [1.82, 2.24) is 15.1 Å². The Bertz CT molecular complexity index is 327. The zero-order valence-electron chi connectivity index (χ0n) is 9.49. The summed E-state index contributed by atoms with van der Waals surface area (Å²) in [4.78, 5) is 2.45. The Hall–Kier alpha value is -0.870. The van der Waals surface area contributed by atoms with E-state index in [1.807, 2.05) is 6.07 Å². The molecule has 2 rings (SSSR count). The lowest BCUT2D eigenvalue weighted by Gasteiger charge is -2.32. The predicted octanol–water partition coefficient (Wildman–Crippen LogP) is 2.03. The fourth-order valence-electron chi connectivity index (χ4n) is 2.06. The maximum absolute atomic E-state index is 5.69. The van der Waals surface area contributed by atoms with Gasteiger partial charge in [-0.3, -0.25) is 0 Å². The average molecular weight is 241 g/mol. The van der Waals surface area contributed by atoms with Crippen molar-refractivity contribution < 1.29 is 0 Å². The minimum absolute atomic E-state index is 0.435. The van der Waals surface area contributed by atoms with E-state index in [1.54, 1.807) is 6.07 Å². The first-order valence-corrected chi connectivity index (χ1v) is 6.14. The molecule has 16 heavy (non-hydrogen) atoms. The molecule has 0 spiro atoms. The molecule has 1 atom stereocenters. The number of likely N-dealkylation sites (N-methyl/N-ethyl adjacent to an activating group) is 1. The third kappa shape index (κ3) is 3.06. The minimum atomic E-state index is 0.435. The minimum Gasteiger partial charge on any atom is -0.365 e. The first-order chi connectivity index (χ1) is 7.78. The monoisotopic (exact) mass is 240 g/mol. The molecule has 2 heterocycles. The van der Waals surface area contributed by atoms with Crippen molar-refractivity contribution in [1.29, 1.82) is 0 Å². The first-order valence-electron chi connectivity index (χ1n) is 5.76. The zero-order chi connectivity index (χ0) is 11.4. The summed E-state index contributed by atoms with van der Waals surface area (Å²) in [5, 5.41) is 11.7. The number of hydrogen-bond acceptors (Lipinski definition) is 4. The van der Waals surface area contributed by atoms with Gasteiger partial charge in [0.15, 0.2) is 5.15 Å². The van der Waals surface area contributed by atoms with Gasteiger partial charge in [0.1, 0.15) is 5.82 Å². The highest BCUT2D eigenvalue weighted by Gasteiger charge is 2.18. The van der Waals surface area contributed by atoms with E-state index < -0.39 is 0 Å². The summed E-state index contributed by atoms with van der Waals surface area (Å²) in [7, 11) is 0. The van der Waals surface area contributed by atoms with Gasteiger partial charge in [0.25, 0.3) is 0 Å². The Balaban J connectivity index is 1.91. The molecule has 4 nitrogen and oxygen atoms in total. The number of halogens is 1. The lowest BCUT2D eigenvalue weighted by Crippen LogP contribution is -2.41. The van der Waals surface area contributed by atoms with E-state index in [0.717, 1.165) is 18.9 Å². The van der Waals surface area contributed by atoms with E-state index in [-0.39, 0.29) is 0 Å². The fraction of sp³-hybridized carbons (Fsp3) is 0.636. The number of nitrogens with zero attached hydrogens (tertiary/aromatic N) is 3. The molecule has 1 saturated heterocycles. The van der Waals surface area contributed by atoms with Gasteiger partial charge < -0.3 is 10.2 Å². The second kappa shape index (κ2) is 5.46. The van der Waals surface area contributed by atoms with Crippen LogP contribution in [0.25, 0.3) is 0 Å². The van der Waals surface area contributed by atoms with Gasteiger partial charge in [-0.05, 0) is 38.1 Å². The normalized spacial score (nSPS) is 22.0. The highest BCUT2D eigenvalue weighted by Crippen LogP contribution is 2.14. The Kier molecular flexibility index (Phi) is 3.96. The highest BCUT2D eigenvalue weighted by molar-refractivity contribution is 6.29. The summed E-state index contributed by atoms with van der Waals surface area (Å²) in [5.41, 5.74) is 0. The van der Waals surface area contributed by atoms with Crippen LogP contribution in [0, 0.1) is 0 Å². The number of anilines is 1. The number of aromatic nitrogens is 2. The SMILES string of the molecule is CCN1CCC[C@@H](Nc2ccc(Cl)nn2)C1. The molecule has 0 bridgehead atoms. The number of rotatable bonds is 3. The van der Waals surface area contributed by atoms with Crippen LogP contribution >= 0.6 is 11.6 Å². The molecule has 0 saturated carbocycles. The highest BCUT2D eigenvalue weighted by atomic mass is 35.5. The third-order valence-electron chi connectivity index (χ3n) is 2.94. The predicted molar refractivity (Wildman–Crippen MR) is 65.8 cm³/mol. The van der Waals surface area contributed by atoms with Crippen molar-refractivity contribution in [2.45, 2.75) is 25.8 Å². The van der Waals surface area contributed by atoms with Crippen molar-refractivity contribution in [3.05, 3.63) is 17.3 Å². The van der Waals surface area contributed by atoms with Gasteiger partial charge in [0, 0.05) is 12.6 Å². The van der Waals surface area contributed by atoms with E-state index in [0.29, 0.717) is 11.2 Å². The van der Waals surface area contributed by atoms with Gasteiger partial charge in [0.2, 0.25) is 0 Å². The van der Waals surface area contributed by atoms with Gasteiger partial charge in [-0.25, -0.2) is 0 Å². The zero-order valence-corrected chi connectivity index (χ0v) is 10.2. The van der Waals surface area contributed by atoms with E-state index in [4.69, 9.17) is 11.6 Å². The van der Waals surface area contributed by atoms with E-state index in [9.17, 15) is 0 Å². The second-order valence-electron chi connectivity index (χ2n) is 4.12. The van der Waals surface area contributed by atoms with Crippen LogP contribution < -0.4 is 5.32 Å². The standard InChI is InChI=1S/C11H17ClN4/c1-2-16-7-3-4-9(8-16)13-11-6-5-10(12)14-15-11/h5-6,9H,2-4,7-8H2,1H3,(H,13,15)/t9-/m1/s1. The lowest BCUT2D eigenvalue weighted by atomic mass is 10.1. The molecule has 1 aliphatic rings. The Morgan fingerprint density at radius 1 is 1.50 bits per heavy atom. The molecule has 0 aliphatic carbocycles. The van der Waals surface area contributed by atoms with Gasteiger partial charge in [-0.1, -0.05) is 18.5 Å². The molecule has 5 heteroatoms. The average Bonchev–Trinajstić information content (AvgIpc) is 2.32. The molecular weight excluding hydrogens is 224 g/mol. The summed E-state index contributed by atoms with van der Waals surface area (Å²) in [6.07, 6.45) is 2.44. The molecule has 1 fully saturated rings. The molecule has 0 radical (unpaired) electrons. The van der Waals surface area contributed by atoms with Gasteiger partial charge >= 0.3 is 0 Å². The molecule has 1 aromatic rings. The van der Waals surface area contributed by atoms with Crippen molar-refractivity contribution in [3.63, 3.8) is 0 Å². The van der Waals surface area contributed by atoms with E-state index in [2.05, 4.69) is 27.3 Å². The molecule has 88 valence electrons. The number of hydrogen-bond donors (Lipinski definition) is 1. The molecule has 0 unspecified atom stereocenters. The Morgan fingerprint density at radius 2 is 2.38 bits per heavy atom. The topological polar surface area (TPSA) is 41.0 Å². The van der Waals surface area contributed by atoms with Crippen molar-refractivity contribution in [3.8, 4) is 0 Å². The third-order valence-corrected chi connectivity index (χ3v) is 3.14. The van der Waals surface area contributed by atoms with Crippen LogP contribution in [-0.4, -0.2) is 40.8 Å². The van der Waals surface area contributed by atoms with Crippen LogP contribution in [0.2, 0.25) is 5.15 Å². The maximum atomic E-state index is 5.69. The smallest absolute Gasteiger partial charge is 0.151 e. The van der Waals surface area contributed by atoms with Crippen molar-refractivity contribution in [2.24, 2.45) is 0 Å². The molecule has 1 aliphatic heterocycles. The van der Waals surface area contributed by atoms with E-state index >= 15 is 0 Å². The quantitative estimate of drug-likeness (QED) is 0.878. The van der Waals surface area contributed by atoms with Gasteiger partial charge in [-0.15, -0.1) is 10.2 Å². The molecule has 1 N–H and O–H groups in total. The summed E-state index contributed by atoms with van der Waals surface area (Å²) in [6.45, 7) is 5.61. The fourth-order valence-corrected chi connectivity index (χ4v) is 2.16. The largest absolute Gasteiger partial charge is 0.365 e. The second-order valence-corrected chi connectivity index (χ2v) is 4.51. The molecule has 1 aromatic heterocycles. The van der Waals surface area contributed by atoms with Crippen LogP contribution in [0.3, 0.4) is 0 Å². The summed E-state index contributed by atoms with van der Waals surface area (Å²) < 4.78 is 0. The molecule has 0 amide bonds. The van der Waals surface area contributed by atoms with Crippen molar-refractivity contribution >= 4 is 17.4 Å². The van der Waals surface area contributed by atoms with Crippen LogP contribution in [0.15, 0.2) is 12.1 Å². The van der Waals surface area contributed by atoms with Gasteiger partial charge in [-0.2, -0.15) is 0 Å². The molecular formula is C11H17ClN4. The summed E-state index contributed by atoms with van der Waals surface area (Å²) in [5.74, 6) is 0.812. The maximum Gasteiger partial charge on any atom is 0.151 e. The first kappa shape index (κ1) is 11.6. The van der Waals surface area contributed by atoms with Gasteiger partial charge in [0.05, 0.1) is 0 Å². The van der Waals surface area contributed by atoms with Crippen molar-refractivity contribution in [2.75, 3.05) is 25.0 Å². The van der Waals surface area contributed by atoms with Crippen LogP contribution in [-0.2, 0) is 0 Å². The summed E-state index contributed by atoms with van der Waals surface area (Å²) >= 11 is 5.69. The van der Waals surface area contributed by atoms with E-state index in [1.165, 1.54) is 19.4 Å². The number of nitrogens with one attached hydrogen (secondary N) is 1. The molecule has 0 aromatic carbocycles. The number of piperidine rings is 1. The lowest BCUT2D eigenvalue weighted by molar-refractivity contribution is 0.226. The van der Waals surface area contributed by atoms with Crippen LogP contribution in [0.5, 0.6) is 0 Å². The van der Waals surface area contributed by atoms with Crippen LogP contribution in [0.4, 0.5) is 5.82 Å². The Morgan fingerprint density at radius 3 is 3.06 bits per heavy atom. The number of likely N-dealkylation sites (tertiary alicyclic amines) is 1. The summed E-state index contributed by atoms with van der Waals surface area (Å²) in [6, 6.07) is 4.11.